The molecule has 0 bridgehead atoms. The van der Waals surface area contributed by atoms with Crippen LogP contribution in [0.1, 0.15) is 18.4 Å². The van der Waals surface area contributed by atoms with Crippen molar-refractivity contribution in [2.45, 2.75) is 24.3 Å². The minimum absolute atomic E-state index is 0.113. The van der Waals surface area contributed by atoms with Crippen molar-refractivity contribution in [1.82, 2.24) is 4.90 Å². The summed E-state index contributed by atoms with van der Waals surface area (Å²) >= 11 is 0. The van der Waals surface area contributed by atoms with Gasteiger partial charge < -0.3 is 14.4 Å². The highest BCUT2D eigenvalue weighted by Crippen LogP contribution is 2.55. The fourth-order valence-corrected chi connectivity index (χ4v) is 5.17. The first kappa shape index (κ1) is 21.5. The highest BCUT2D eigenvalue weighted by molar-refractivity contribution is 6.15. The van der Waals surface area contributed by atoms with E-state index in [1.54, 1.807) is 17.1 Å². The van der Waals surface area contributed by atoms with Crippen molar-refractivity contribution >= 4 is 29.4 Å². The van der Waals surface area contributed by atoms with Gasteiger partial charge >= 0.3 is 11.9 Å². The van der Waals surface area contributed by atoms with Crippen LogP contribution in [0.3, 0.4) is 0 Å². The van der Waals surface area contributed by atoms with E-state index in [1.165, 1.54) is 14.2 Å². The van der Waals surface area contributed by atoms with Crippen molar-refractivity contribution in [3.05, 3.63) is 66.4 Å². The Morgan fingerprint density at radius 2 is 1.84 bits per heavy atom. The van der Waals surface area contributed by atoms with Gasteiger partial charge in [0.15, 0.2) is 5.70 Å². The summed E-state index contributed by atoms with van der Waals surface area (Å²) in [6, 6.07) is 7.17. The summed E-state index contributed by atoms with van der Waals surface area (Å²) in [5, 5.41) is 0. The number of hydrogen-bond donors (Lipinski definition) is 0. The summed E-state index contributed by atoms with van der Waals surface area (Å²) in [5.41, 5.74) is 0.982. The Hall–Kier alpha value is -3.68. The molecule has 8 nitrogen and oxygen atoms in total. The van der Waals surface area contributed by atoms with Gasteiger partial charge in [-0.1, -0.05) is 30.4 Å². The SMILES string of the molecule is C=CCN1C(=O)CC[C@@]23C1=NC(C(=O)OC)=C(C(=O)OC)[C@@H]2N(CC=C)c1ccccc13. The summed E-state index contributed by atoms with van der Waals surface area (Å²) in [4.78, 5) is 47.0. The van der Waals surface area contributed by atoms with Crippen molar-refractivity contribution in [3.8, 4) is 0 Å². The standard InChI is InChI=1S/C24H25N3O5/c1-5-13-26-16-10-8-7-9-15(16)24-12-11-17(28)27(14-6-2)23(24)25-19(22(30)32-4)18(20(24)26)21(29)31-3/h5-10,20H,1-2,11-14H2,3-4H3/t20-,24-/m0/s1. The molecule has 0 unspecified atom stereocenters. The molecule has 3 heterocycles. The number of anilines is 1. The van der Waals surface area contributed by atoms with Crippen LogP contribution in [-0.4, -0.2) is 61.9 Å². The van der Waals surface area contributed by atoms with E-state index in [9.17, 15) is 14.4 Å². The van der Waals surface area contributed by atoms with Gasteiger partial charge in [-0.3, -0.25) is 9.69 Å². The number of methoxy groups -OCH3 is 2. The summed E-state index contributed by atoms with van der Waals surface area (Å²) in [5.74, 6) is -1.12. The molecule has 166 valence electrons. The molecule has 1 aromatic carbocycles. The number of fused-ring (bicyclic) bond motifs is 1. The Balaban J connectivity index is 2.11. The second-order valence-corrected chi connectivity index (χ2v) is 7.81. The lowest BCUT2D eigenvalue weighted by Gasteiger charge is -2.48. The molecule has 0 aromatic heterocycles. The fraction of sp³-hybridized carbons (Fsp3) is 0.333. The van der Waals surface area contributed by atoms with Gasteiger partial charge in [-0.15, -0.1) is 13.2 Å². The minimum atomic E-state index is -0.822. The van der Waals surface area contributed by atoms with Crippen LogP contribution in [0.4, 0.5) is 5.69 Å². The number of likely N-dealkylation sites (tertiary alicyclic amines) is 1. The number of amides is 1. The number of esters is 2. The molecule has 32 heavy (non-hydrogen) atoms. The number of amidine groups is 1. The van der Waals surface area contributed by atoms with Gasteiger partial charge in [-0.25, -0.2) is 14.6 Å². The zero-order valence-electron chi connectivity index (χ0n) is 18.2. The van der Waals surface area contributed by atoms with Crippen LogP contribution in [0.25, 0.3) is 0 Å². The van der Waals surface area contributed by atoms with Crippen molar-refractivity contribution in [2.75, 3.05) is 32.2 Å². The molecule has 0 radical (unpaired) electrons. The number of para-hydroxylation sites is 1. The lowest BCUT2D eigenvalue weighted by atomic mass is 9.65. The van der Waals surface area contributed by atoms with Gasteiger partial charge in [0, 0.05) is 25.2 Å². The topological polar surface area (TPSA) is 88.5 Å². The largest absolute Gasteiger partial charge is 0.466 e. The average molecular weight is 435 g/mol. The lowest BCUT2D eigenvalue weighted by molar-refractivity contribution is -0.140. The summed E-state index contributed by atoms with van der Waals surface area (Å²) in [6.07, 6.45) is 4.06. The maximum Gasteiger partial charge on any atom is 0.357 e. The van der Waals surface area contributed by atoms with Crippen LogP contribution < -0.4 is 4.90 Å². The highest BCUT2D eigenvalue weighted by atomic mass is 16.5. The van der Waals surface area contributed by atoms with E-state index in [2.05, 4.69) is 18.2 Å². The first-order valence-corrected chi connectivity index (χ1v) is 10.3. The quantitative estimate of drug-likeness (QED) is 0.502. The maximum atomic E-state index is 13.1. The Labute approximate surface area is 186 Å². The number of carbonyl (C=O) groups excluding carboxylic acids is 3. The fourth-order valence-electron chi connectivity index (χ4n) is 5.17. The first-order chi connectivity index (χ1) is 15.5. The second kappa shape index (κ2) is 8.11. The molecule has 8 heteroatoms. The van der Waals surface area contributed by atoms with E-state index in [0.29, 0.717) is 18.8 Å². The molecule has 1 spiro atoms. The van der Waals surface area contributed by atoms with Gasteiger partial charge in [0.2, 0.25) is 5.91 Å². The Morgan fingerprint density at radius 3 is 2.50 bits per heavy atom. The van der Waals surface area contributed by atoms with E-state index >= 15 is 0 Å². The number of rotatable bonds is 6. The number of nitrogens with zero attached hydrogens (tertiary/aromatic N) is 3. The molecule has 0 aliphatic carbocycles. The third-order valence-electron chi connectivity index (χ3n) is 6.33. The first-order valence-electron chi connectivity index (χ1n) is 10.3. The Morgan fingerprint density at radius 1 is 1.16 bits per heavy atom. The average Bonchev–Trinajstić information content (AvgIpc) is 3.09. The van der Waals surface area contributed by atoms with E-state index < -0.39 is 23.4 Å². The number of carbonyl (C=O) groups is 3. The summed E-state index contributed by atoms with van der Waals surface area (Å²) in [6.45, 7) is 8.31. The van der Waals surface area contributed by atoms with Gasteiger partial charge in [0.05, 0.1) is 31.2 Å². The van der Waals surface area contributed by atoms with Gasteiger partial charge in [0.1, 0.15) is 5.84 Å². The molecular weight excluding hydrogens is 410 g/mol. The van der Waals surface area contributed by atoms with Crippen molar-refractivity contribution < 1.29 is 23.9 Å². The normalized spacial score (nSPS) is 23.6. The van der Waals surface area contributed by atoms with E-state index in [4.69, 9.17) is 9.47 Å². The molecule has 1 amide bonds. The zero-order chi connectivity index (χ0) is 23.0. The number of benzene rings is 1. The van der Waals surface area contributed by atoms with Crippen molar-refractivity contribution in [1.29, 1.82) is 0 Å². The predicted octanol–water partition coefficient (Wildman–Crippen LogP) is 2.12. The molecule has 4 rings (SSSR count). The molecular formula is C24H25N3O5. The molecule has 0 N–H and O–H groups in total. The molecule has 1 aromatic rings. The van der Waals surface area contributed by atoms with E-state index in [0.717, 1.165) is 11.3 Å². The van der Waals surface area contributed by atoms with Crippen molar-refractivity contribution in [3.63, 3.8) is 0 Å². The molecule has 1 saturated heterocycles. The van der Waals surface area contributed by atoms with Crippen LogP contribution in [0.5, 0.6) is 0 Å². The third kappa shape index (κ3) is 2.82. The molecule has 3 aliphatic rings. The molecule has 2 atom stereocenters. The van der Waals surface area contributed by atoms with Gasteiger partial charge in [-0.2, -0.15) is 0 Å². The maximum absolute atomic E-state index is 13.1. The third-order valence-corrected chi connectivity index (χ3v) is 6.33. The van der Waals surface area contributed by atoms with E-state index in [-0.39, 0.29) is 30.1 Å². The Kier molecular flexibility index (Phi) is 5.46. The van der Waals surface area contributed by atoms with Gasteiger partial charge in [0.25, 0.3) is 0 Å². The van der Waals surface area contributed by atoms with Crippen LogP contribution in [0, 0.1) is 0 Å². The molecule has 3 aliphatic heterocycles. The highest BCUT2D eigenvalue weighted by Gasteiger charge is 2.62. The molecule has 0 saturated carbocycles. The van der Waals surface area contributed by atoms with Gasteiger partial charge in [-0.05, 0) is 18.1 Å². The predicted molar refractivity (Wildman–Crippen MR) is 119 cm³/mol. The second-order valence-electron chi connectivity index (χ2n) is 7.81. The monoisotopic (exact) mass is 435 g/mol. The zero-order valence-corrected chi connectivity index (χ0v) is 18.2. The van der Waals surface area contributed by atoms with Crippen LogP contribution in [-0.2, 0) is 29.3 Å². The van der Waals surface area contributed by atoms with Crippen molar-refractivity contribution in [2.24, 2.45) is 4.99 Å². The summed E-state index contributed by atoms with van der Waals surface area (Å²) in [7, 11) is 2.50. The molecule has 1 fully saturated rings. The van der Waals surface area contributed by atoms with Crippen LogP contribution in [0.15, 0.2) is 65.8 Å². The number of hydrogen-bond acceptors (Lipinski definition) is 7. The lowest BCUT2D eigenvalue weighted by Crippen LogP contribution is -2.63. The van der Waals surface area contributed by atoms with Crippen LogP contribution >= 0.6 is 0 Å². The summed E-state index contributed by atoms with van der Waals surface area (Å²) < 4.78 is 10.1. The van der Waals surface area contributed by atoms with E-state index in [1.807, 2.05) is 29.2 Å². The number of piperidine rings is 1. The Bertz CT molecular complexity index is 1090. The van der Waals surface area contributed by atoms with Crippen LogP contribution in [0.2, 0.25) is 0 Å². The minimum Gasteiger partial charge on any atom is -0.466 e. The number of ether oxygens (including phenoxy) is 2. The smallest absolute Gasteiger partial charge is 0.357 e. The number of aliphatic imine (C=N–C) groups is 1.